The van der Waals surface area contributed by atoms with Crippen LogP contribution in [0.25, 0.3) is 0 Å². The first-order chi connectivity index (χ1) is 19.2. The summed E-state index contributed by atoms with van der Waals surface area (Å²) in [6.45, 7) is 6.35. The summed E-state index contributed by atoms with van der Waals surface area (Å²) in [7, 11) is 1.62. The molecule has 2 aromatic carbocycles. The fraction of sp³-hybridized carbons (Fsp3) is 0.516. The van der Waals surface area contributed by atoms with Crippen LogP contribution in [0.4, 0.5) is 4.39 Å². The van der Waals surface area contributed by atoms with Crippen molar-refractivity contribution < 1.29 is 23.5 Å². The molecule has 1 heterocycles. The summed E-state index contributed by atoms with van der Waals surface area (Å²) in [5.41, 5.74) is 1.76. The van der Waals surface area contributed by atoms with Crippen LogP contribution in [0, 0.1) is 11.7 Å². The first-order valence-corrected chi connectivity index (χ1v) is 14.2. The van der Waals surface area contributed by atoms with E-state index in [2.05, 4.69) is 16.0 Å². The van der Waals surface area contributed by atoms with Crippen molar-refractivity contribution in [1.82, 2.24) is 20.9 Å². The van der Waals surface area contributed by atoms with Crippen molar-refractivity contribution in [3.63, 3.8) is 0 Å². The van der Waals surface area contributed by atoms with E-state index in [9.17, 15) is 18.8 Å². The van der Waals surface area contributed by atoms with Crippen molar-refractivity contribution in [2.24, 2.45) is 5.92 Å². The molecule has 1 saturated carbocycles. The number of hydrogen-bond acceptors (Lipinski definition) is 5. The van der Waals surface area contributed by atoms with Gasteiger partial charge >= 0.3 is 0 Å². The van der Waals surface area contributed by atoms with Gasteiger partial charge in [0.1, 0.15) is 29.8 Å². The van der Waals surface area contributed by atoms with Crippen molar-refractivity contribution in [3.05, 3.63) is 65.5 Å². The number of halogens is 1. The molecular formula is C31H41FN4O4. The third-order valence-corrected chi connectivity index (χ3v) is 7.99. The van der Waals surface area contributed by atoms with Crippen LogP contribution in [-0.2, 0) is 20.8 Å². The van der Waals surface area contributed by atoms with E-state index in [0.717, 1.165) is 29.7 Å². The Kier molecular flexibility index (Phi) is 9.79. The Morgan fingerprint density at radius 2 is 1.70 bits per heavy atom. The number of aryl methyl sites for hydroxylation is 1. The Hall–Kier alpha value is -3.46. The minimum Gasteiger partial charge on any atom is -0.489 e. The molecule has 0 saturated heterocycles. The Bertz CT molecular complexity index is 1190. The summed E-state index contributed by atoms with van der Waals surface area (Å²) in [6.07, 6.45) is 3.11. The average Bonchev–Trinajstić information content (AvgIpc) is 3.78. The van der Waals surface area contributed by atoms with E-state index in [0.29, 0.717) is 25.9 Å². The number of hydrogen-bond donors (Lipinski definition) is 3. The number of rotatable bonds is 3. The molecular weight excluding hydrogens is 511 g/mol. The van der Waals surface area contributed by atoms with Crippen molar-refractivity contribution >= 4 is 17.7 Å². The van der Waals surface area contributed by atoms with Crippen LogP contribution < -0.4 is 20.7 Å². The van der Waals surface area contributed by atoms with Crippen molar-refractivity contribution in [3.8, 4) is 5.75 Å². The van der Waals surface area contributed by atoms with Gasteiger partial charge in [-0.1, -0.05) is 37.3 Å². The van der Waals surface area contributed by atoms with Gasteiger partial charge in [0.05, 0.1) is 6.04 Å². The van der Waals surface area contributed by atoms with Gasteiger partial charge in [-0.25, -0.2) is 4.39 Å². The molecule has 9 heteroatoms. The van der Waals surface area contributed by atoms with Crippen LogP contribution >= 0.6 is 0 Å². The van der Waals surface area contributed by atoms with Crippen LogP contribution in [0.3, 0.4) is 0 Å². The van der Waals surface area contributed by atoms with Gasteiger partial charge < -0.3 is 25.6 Å². The minimum atomic E-state index is -0.906. The van der Waals surface area contributed by atoms with Crippen LogP contribution in [0.1, 0.15) is 57.1 Å². The summed E-state index contributed by atoms with van der Waals surface area (Å²) in [6, 6.07) is 11.6. The molecule has 2 aromatic rings. The topological polar surface area (TPSA) is 99.8 Å². The molecule has 2 aliphatic rings. The normalized spacial score (nSPS) is 26.4. The summed E-state index contributed by atoms with van der Waals surface area (Å²) in [5, 5.41) is 9.25. The highest BCUT2D eigenvalue weighted by atomic mass is 19.1. The van der Waals surface area contributed by atoms with Crippen LogP contribution in [0.15, 0.2) is 48.5 Å². The van der Waals surface area contributed by atoms with E-state index in [1.165, 1.54) is 17.0 Å². The highest BCUT2D eigenvalue weighted by Gasteiger charge is 2.40. The molecule has 4 rings (SSSR count). The Balaban J connectivity index is 1.59. The lowest BCUT2D eigenvalue weighted by molar-refractivity contribution is -0.141. The lowest BCUT2D eigenvalue weighted by Crippen LogP contribution is -2.57. The maximum atomic E-state index is 13.6. The van der Waals surface area contributed by atoms with Gasteiger partial charge in [0.2, 0.25) is 17.7 Å². The largest absolute Gasteiger partial charge is 0.489 e. The zero-order valence-corrected chi connectivity index (χ0v) is 23.8. The van der Waals surface area contributed by atoms with Crippen molar-refractivity contribution in [2.75, 3.05) is 20.1 Å². The third-order valence-electron chi connectivity index (χ3n) is 7.99. The molecule has 1 aliphatic carbocycles. The Morgan fingerprint density at radius 1 is 1.00 bits per heavy atom. The molecule has 216 valence electrons. The summed E-state index contributed by atoms with van der Waals surface area (Å²) in [5.74, 6) is -0.715. The van der Waals surface area contributed by atoms with Crippen LogP contribution in [-0.4, -0.2) is 67.0 Å². The molecule has 0 radical (unpaired) electrons. The van der Waals surface area contributed by atoms with Crippen LogP contribution in [0.5, 0.6) is 5.75 Å². The zero-order valence-electron chi connectivity index (χ0n) is 23.8. The second kappa shape index (κ2) is 13.3. The highest BCUT2D eigenvalue weighted by molar-refractivity contribution is 5.93. The monoisotopic (exact) mass is 552 g/mol. The number of likely N-dealkylation sites (N-methyl/N-ethyl adjacent to an activating group) is 1. The SMILES string of the molecule is CC(c1ccc(F)cc1)[C@H]1NC(=O)[C@@H](C)N(C)C(=O)[C@H](C2CC2)NC[C@@H](C)Oc2ccccc2CCCNC1=O. The molecule has 0 aromatic heterocycles. The third kappa shape index (κ3) is 7.38. The fourth-order valence-electron chi connectivity index (χ4n) is 5.10. The number of carbonyl (C=O) groups is 3. The van der Waals surface area contributed by atoms with E-state index < -0.39 is 30.0 Å². The number of amides is 3. The van der Waals surface area contributed by atoms with Gasteiger partial charge in [0.15, 0.2) is 0 Å². The van der Waals surface area contributed by atoms with E-state index in [1.807, 2.05) is 38.1 Å². The smallest absolute Gasteiger partial charge is 0.243 e. The first kappa shape index (κ1) is 29.5. The number of nitrogens with one attached hydrogen (secondary N) is 3. The molecule has 0 spiro atoms. The maximum Gasteiger partial charge on any atom is 0.243 e. The number of para-hydroxylation sites is 1. The molecule has 3 amide bonds. The van der Waals surface area contributed by atoms with Crippen molar-refractivity contribution in [2.45, 2.75) is 76.6 Å². The predicted molar refractivity (Wildman–Crippen MR) is 151 cm³/mol. The average molecular weight is 553 g/mol. The standard InChI is InChI=1S/C31H41FN4O4/c1-19-18-34-28(24-11-12-24)31(39)36(4)21(3)29(37)35-27(20(2)22-13-15-25(32)16-14-22)30(38)33-17-7-9-23-8-5-6-10-26(23)40-19/h5-6,8,10,13-16,19-21,24,27-28,34H,7,9,11-12,17-18H2,1-4H3,(H,33,38)(H,35,37)/t19-,20?,21-,27-,28+/m1/s1. The zero-order chi connectivity index (χ0) is 28.8. The van der Waals surface area contributed by atoms with E-state index >= 15 is 0 Å². The molecule has 1 fully saturated rings. The number of nitrogens with zero attached hydrogens (tertiary/aromatic N) is 1. The second-order valence-electron chi connectivity index (χ2n) is 11.1. The van der Waals surface area contributed by atoms with Gasteiger partial charge in [-0.05, 0) is 74.8 Å². The van der Waals surface area contributed by atoms with E-state index in [4.69, 9.17) is 4.74 Å². The molecule has 40 heavy (non-hydrogen) atoms. The predicted octanol–water partition coefficient (Wildman–Crippen LogP) is 3.16. The van der Waals surface area contributed by atoms with E-state index in [1.54, 1.807) is 26.1 Å². The second-order valence-corrected chi connectivity index (χ2v) is 11.1. The molecule has 8 nitrogen and oxygen atoms in total. The summed E-state index contributed by atoms with van der Waals surface area (Å²) < 4.78 is 19.8. The fourth-order valence-corrected chi connectivity index (χ4v) is 5.10. The lowest BCUT2D eigenvalue weighted by atomic mass is 9.92. The van der Waals surface area contributed by atoms with E-state index in [-0.39, 0.29) is 29.7 Å². The van der Waals surface area contributed by atoms with Gasteiger partial charge in [-0.15, -0.1) is 0 Å². The van der Waals surface area contributed by atoms with Crippen molar-refractivity contribution in [1.29, 1.82) is 0 Å². The molecule has 0 bridgehead atoms. The maximum absolute atomic E-state index is 13.6. The summed E-state index contributed by atoms with van der Waals surface area (Å²) in [4.78, 5) is 41.8. The van der Waals surface area contributed by atoms with Gasteiger partial charge in [-0.2, -0.15) is 0 Å². The Morgan fingerprint density at radius 3 is 2.40 bits per heavy atom. The molecule has 3 N–H and O–H groups in total. The quantitative estimate of drug-likeness (QED) is 0.543. The van der Waals surface area contributed by atoms with Gasteiger partial charge in [0.25, 0.3) is 0 Å². The van der Waals surface area contributed by atoms with Gasteiger partial charge in [0, 0.05) is 26.1 Å². The summed E-state index contributed by atoms with van der Waals surface area (Å²) >= 11 is 0. The number of carbonyl (C=O) groups excluding carboxylic acids is 3. The lowest BCUT2D eigenvalue weighted by Gasteiger charge is -2.32. The molecule has 1 unspecified atom stereocenters. The number of benzene rings is 2. The molecule has 1 aliphatic heterocycles. The number of fused-ring (bicyclic) bond motifs is 1. The number of ether oxygens (including phenoxy) is 1. The first-order valence-electron chi connectivity index (χ1n) is 14.2. The molecule has 5 atom stereocenters. The minimum absolute atomic E-state index is 0.161. The van der Waals surface area contributed by atoms with Crippen LogP contribution in [0.2, 0.25) is 0 Å². The Labute approximate surface area is 236 Å². The highest BCUT2D eigenvalue weighted by Crippen LogP contribution is 2.34. The van der Waals surface area contributed by atoms with Gasteiger partial charge in [-0.3, -0.25) is 14.4 Å².